The second-order valence-electron chi connectivity index (χ2n) is 5.29. The van der Waals surface area contributed by atoms with E-state index in [1.54, 1.807) is 0 Å². The molecule has 108 valence electrons. The fourth-order valence-electron chi connectivity index (χ4n) is 2.58. The van der Waals surface area contributed by atoms with Crippen LogP contribution in [0, 0.1) is 0 Å². The molecule has 0 aromatic heterocycles. The van der Waals surface area contributed by atoms with Crippen molar-refractivity contribution in [3.05, 3.63) is 108 Å². The molecule has 3 aromatic rings. The molecule has 0 fully saturated rings. The highest BCUT2D eigenvalue weighted by molar-refractivity contribution is 7.32. The minimum Gasteiger partial charge on any atom is -0.105 e. The van der Waals surface area contributed by atoms with Crippen molar-refractivity contribution in [2.45, 2.75) is 6.42 Å². The summed E-state index contributed by atoms with van der Waals surface area (Å²) in [6, 6.07) is 31.8. The standard InChI is InChI=1S/C21H19P/c22-21(19-14-8-3-9-15-19)20(18-12-6-2-7-13-18)16-17-10-4-1-5-11-17/h1-15H,16,22H2. The monoisotopic (exact) mass is 302 g/mol. The number of rotatable bonds is 4. The maximum absolute atomic E-state index is 2.94. The lowest BCUT2D eigenvalue weighted by Crippen LogP contribution is -1.93. The number of allylic oxidation sites excluding steroid dienone is 1. The lowest BCUT2D eigenvalue weighted by Gasteiger charge is -2.13. The second-order valence-corrected chi connectivity index (χ2v) is 5.86. The number of hydrogen-bond acceptors (Lipinski definition) is 0. The second kappa shape index (κ2) is 7.20. The molecule has 0 spiro atoms. The first-order valence-corrected chi connectivity index (χ1v) is 8.06. The van der Waals surface area contributed by atoms with Gasteiger partial charge in [0.1, 0.15) is 0 Å². The largest absolute Gasteiger partial charge is 0.105 e. The number of hydrogen-bond donors (Lipinski definition) is 0. The van der Waals surface area contributed by atoms with Crippen LogP contribution in [0.15, 0.2) is 91.0 Å². The third-order valence-corrected chi connectivity index (χ3v) is 4.44. The number of benzene rings is 3. The molecule has 0 heterocycles. The molecule has 0 radical (unpaired) electrons. The molecular weight excluding hydrogens is 283 g/mol. The highest BCUT2D eigenvalue weighted by Gasteiger charge is 2.09. The van der Waals surface area contributed by atoms with Gasteiger partial charge in [-0.25, -0.2) is 0 Å². The molecule has 0 N–H and O–H groups in total. The average Bonchev–Trinajstić information content (AvgIpc) is 2.61. The Labute approximate surface area is 134 Å². The van der Waals surface area contributed by atoms with Crippen molar-refractivity contribution in [3.63, 3.8) is 0 Å². The first kappa shape index (κ1) is 14.8. The van der Waals surface area contributed by atoms with Crippen LogP contribution in [-0.2, 0) is 6.42 Å². The Bertz CT molecular complexity index is 744. The SMILES string of the molecule is PC(=C(Cc1ccccc1)c1ccccc1)c1ccccc1. The minimum atomic E-state index is 0.929. The Morgan fingerprint density at radius 2 is 1.05 bits per heavy atom. The lowest BCUT2D eigenvalue weighted by molar-refractivity contribution is 1.29. The molecule has 0 nitrogen and oxygen atoms in total. The van der Waals surface area contributed by atoms with Crippen molar-refractivity contribution < 1.29 is 0 Å². The zero-order valence-corrected chi connectivity index (χ0v) is 13.6. The van der Waals surface area contributed by atoms with Crippen LogP contribution in [0.1, 0.15) is 16.7 Å². The van der Waals surface area contributed by atoms with Gasteiger partial charge in [-0.15, -0.1) is 9.24 Å². The van der Waals surface area contributed by atoms with Crippen LogP contribution in [0.4, 0.5) is 0 Å². The van der Waals surface area contributed by atoms with Crippen LogP contribution in [0.3, 0.4) is 0 Å². The van der Waals surface area contributed by atoms with Gasteiger partial charge in [-0.2, -0.15) is 0 Å². The first-order chi connectivity index (χ1) is 10.8. The summed E-state index contributed by atoms with van der Waals surface area (Å²) >= 11 is 0. The summed E-state index contributed by atoms with van der Waals surface area (Å²) in [5, 5.41) is 1.26. The van der Waals surface area contributed by atoms with Gasteiger partial charge in [0.25, 0.3) is 0 Å². The molecule has 3 aromatic carbocycles. The zero-order valence-electron chi connectivity index (χ0n) is 12.4. The van der Waals surface area contributed by atoms with E-state index in [-0.39, 0.29) is 0 Å². The molecule has 0 aliphatic heterocycles. The molecule has 1 heteroatoms. The molecule has 1 unspecified atom stereocenters. The summed E-state index contributed by atoms with van der Waals surface area (Å²) < 4.78 is 0. The van der Waals surface area contributed by atoms with Gasteiger partial charge in [-0.05, 0) is 34.0 Å². The molecule has 0 aliphatic rings. The predicted molar refractivity (Wildman–Crippen MR) is 99.6 cm³/mol. The predicted octanol–water partition coefficient (Wildman–Crippen LogP) is 5.67. The Morgan fingerprint density at radius 1 is 0.591 bits per heavy atom. The van der Waals surface area contributed by atoms with E-state index in [0.29, 0.717) is 0 Å². The minimum absolute atomic E-state index is 0.929. The smallest absolute Gasteiger partial charge is 0.00135 e. The van der Waals surface area contributed by atoms with E-state index in [4.69, 9.17) is 0 Å². The summed E-state index contributed by atoms with van der Waals surface area (Å²) in [5.41, 5.74) is 5.21. The Morgan fingerprint density at radius 3 is 1.59 bits per heavy atom. The summed E-state index contributed by atoms with van der Waals surface area (Å²) in [7, 11) is 2.94. The van der Waals surface area contributed by atoms with Gasteiger partial charge in [0.2, 0.25) is 0 Å². The topological polar surface area (TPSA) is 0 Å². The third kappa shape index (κ3) is 3.53. The van der Waals surface area contributed by atoms with Gasteiger partial charge in [-0.3, -0.25) is 0 Å². The van der Waals surface area contributed by atoms with E-state index in [1.807, 2.05) is 0 Å². The normalized spacial score (nSPS) is 11.9. The summed E-state index contributed by atoms with van der Waals surface area (Å²) in [6.07, 6.45) is 0.929. The van der Waals surface area contributed by atoms with Crippen LogP contribution in [-0.4, -0.2) is 0 Å². The van der Waals surface area contributed by atoms with E-state index in [2.05, 4.69) is 100 Å². The molecule has 0 bridgehead atoms. The van der Waals surface area contributed by atoms with Gasteiger partial charge in [-0.1, -0.05) is 91.0 Å². The molecular formula is C21H19P. The average molecular weight is 302 g/mol. The Hall–Kier alpha value is -2.17. The lowest BCUT2D eigenvalue weighted by atomic mass is 9.96. The van der Waals surface area contributed by atoms with E-state index < -0.39 is 0 Å². The third-order valence-electron chi connectivity index (χ3n) is 3.76. The van der Waals surface area contributed by atoms with Crippen LogP contribution in [0.25, 0.3) is 10.9 Å². The molecule has 3 rings (SSSR count). The van der Waals surface area contributed by atoms with Gasteiger partial charge in [0.05, 0.1) is 0 Å². The zero-order chi connectivity index (χ0) is 15.2. The van der Waals surface area contributed by atoms with Gasteiger partial charge in [0, 0.05) is 0 Å². The maximum atomic E-state index is 2.94. The first-order valence-electron chi connectivity index (χ1n) is 7.48. The van der Waals surface area contributed by atoms with Crippen molar-refractivity contribution in [1.29, 1.82) is 0 Å². The highest BCUT2D eigenvalue weighted by atomic mass is 31.0. The fraction of sp³-hybridized carbons (Fsp3) is 0.0476. The molecule has 0 saturated carbocycles. The van der Waals surface area contributed by atoms with E-state index >= 15 is 0 Å². The van der Waals surface area contributed by atoms with Crippen LogP contribution in [0.5, 0.6) is 0 Å². The van der Waals surface area contributed by atoms with E-state index in [1.165, 1.54) is 27.6 Å². The van der Waals surface area contributed by atoms with Gasteiger partial charge in [0.15, 0.2) is 0 Å². The molecule has 0 amide bonds. The summed E-state index contributed by atoms with van der Waals surface area (Å²) in [5.74, 6) is 0. The van der Waals surface area contributed by atoms with Crippen LogP contribution < -0.4 is 0 Å². The quantitative estimate of drug-likeness (QED) is 0.430. The molecule has 1 atom stereocenters. The fourth-order valence-corrected chi connectivity index (χ4v) is 3.05. The molecule has 0 saturated heterocycles. The Kier molecular flexibility index (Phi) is 4.83. The van der Waals surface area contributed by atoms with Crippen LogP contribution in [0.2, 0.25) is 0 Å². The Balaban J connectivity index is 2.07. The van der Waals surface area contributed by atoms with Crippen molar-refractivity contribution in [2.75, 3.05) is 0 Å². The van der Waals surface area contributed by atoms with Crippen molar-refractivity contribution in [1.82, 2.24) is 0 Å². The van der Waals surface area contributed by atoms with E-state index in [9.17, 15) is 0 Å². The summed E-state index contributed by atoms with van der Waals surface area (Å²) in [6.45, 7) is 0. The summed E-state index contributed by atoms with van der Waals surface area (Å²) in [4.78, 5) is 0. The molecule has 0 aliphatic carbocycles. The van der Waals surface area contributed by atoms with Gasteiger partial charge < -0.3 is 0 Å². The highest BCUT2D eigenvalue weighted by Crippen LogP contribution is 2.33. The van der Waals surface area contributed by atoms with Crippen molar-refractivity contribution in [3.8, 4) is 0 Å². The van der Waals surface area contributed by atoms with Crippen LogP contribution >= 0.6 is 9.24 Å². The molecule has 22 heavy (non-hydrogen) atoms. The van der Waals surface area contributed by atoms with Crippen molar-refractivity contribution in [2.24, 2.45) is 0 Å². The van der Waals surface area contributed by atoms with Gasteiger partial charge >= 0.3 is 0 Å². The van der Waals surface area contributed by atoms with Crippen molar-refractivity contribution >= 4 is 20.1 Å². The van der Waals surface area contributed by atoms with E-state index in [0.717, 1.165) is 6.42 Å². The maximum Gasteiger partial charge on any atom is -0.00135 e.